The molecule has 1 saturated carbocycles. The molecule has 2 aliphatic rings. The molecule has 7 nitrogen and oxygen atoms in total. The first-order valence-corrected chi connectivity index (χ1v) is 9.88. The number of amides is 3. The van der Waals surface area contributed by atoms with E-state index in [9.17, 15) is 19.2 Å². The Kier molecular flexibility index (Phi) is 6.44. The number of benzene rings is 1. The minimum absolute atomic E-state index is 0.0624. The molecule has 7 heteroatoms. The van der Waals surface area contributed by atoms with Gasteiger partial charge in [-0.25, -0.2) is 0 Å². The maximum atomic E-state index is 12.5. The Morgan fingerprint density at radius 2 is 1.82 bits per heavy atom. The van der Waals surface area contributed by atoms with E-state index in [0.29, 0.717) is 11.1 Å². The predicted octanol–water partition coefficient (Wildman–Crippen LogP) is 1.98. The highest BCUT2D eigenvalue weighted by atomic mass is 16.5. The van der Waals surface area contributed by atoms with Crippen LogP contribution in [0.5, 0.6) is 0 Å². The van der Waals surface area contributed by atoms with Gasteiger partial charge < -0.3 is 10.1 Å². The number of carbonyl (C=O) groups excluding carboxylic acids is 4. The molecule has 0 aromatic heterocycles. The molecular formula is C21H26N2O5. The van der Waals surface area contributed by atoms with E-state index in [4.69, 9.17) is 4.74 Å². The lowest BCUT2D eigenvalue weighted by Crippen LogP contribution is -2.47. The molecule has 1 aromatic carbocycles. The highest BCUT2D eigenvalue weighted by molar-refractivity contribution is 6.11. The van der Waals surface area contributed by atoms with E-state index in [1.54, 1.807) is 24.3 Å². The van der Waals surface area contributed by atoms with Crippen molar-refractivity contribution in [1.29, 1.82) is 0 Å². The van der Waals surface area contributed by atoms with Crippen molar-refractivity contribution in [1.82, 2.24) is 10.2 Å². The predicted molar refractivity (Wildman–Crippen MR) is 101 cm³/mol. The van der Waals surface area contributed by atoms with Crippen LogP contribution in [0.3, 0.4) is 0 Å². The molecule has 1 heterocycles. The zero-order chi connectivity index (χ0) is 20.1. The lowest BCUT2D eigenvalue weighted by atomic mass is 9.98. The third kappa shape index (κ3) is 4.77. The Hall–Kier alpha value is -2.70. The summed E-state index contributed by atoms with van der Waals surface area (Å²) < 4.78 is 5.18. The molecule has 3 rings (SSSR count). The molecule has 0 bridgehead atoms. The summed E-state index contributed by atoms with van der Waals surface area (Å²) in [6.07, 6.45) is 5.48. The standard InChI is InChI=1S/C21H26N2O5/c1-14(20(26)22-16-9-4-2-3-5-10-16)28-19(25)13-23-18(24)12-15-8-6-7-11-17(15)21(23)27/h6-8,11,14,16H,2-5,9-10,12-13H2,1H3,(H,22,26)/t14-/m1/s1. The second-order valence-electron chi connectivity index (χ2n) is 7.45. The first-order chi connectivity index (χ1) is 13.5. The topological polar surface area (TPSA) is 92.8 Å². The molecule has 1 aliphatic heterocycles. The van der Waals surface area contributed by atoms with E-state index in [1.165, 1.54) is 19.8 Å². The number of nitrogens with one attached hydrogen (secondary N) is 1. The summed E-state index contributed by atoms with van der Waals surface area (Å²) in [7, 11) is 0. The van der Waals surface area contributed by atoms with Crippen LogP contribution < -0.4 is 5.32 Å². The molecule has 1 atom stereocenters. The number of imide groups is 1. The molecule has 0 saturated heterocycles. The van der Waals surface area contributed by atoms with E-state index in [2.05, 4.69) is 5.32 Å². The third-order valence-electron chi connectivity index (χ3n) is 5.30. The van der Waals surface area contributed by atoms with Crippen LogP contribution in [0, 0.1) is 0 Å². The van der Waals surface area contributed by atoms with Crippen molar-refractivity contribution in [3.05, 3.63) is 35.4 Å². The minimum atomic E-state index is -0.974. The third-order valence-corrected chi connectivity index (χ3v) is 5.30. The van der Waals surface area contributed by atoms with Crippen molar-refractivity contribution in [2.45, 2.75) is 64.0 Å². The van der Waals surface area contributed by atoms with E-state index >= 15 is 0 Å². The van der Waals surface area contributed by atoms with Gasteiger partial charge in [-0.1, -0.05) is 43.9 Å². The van der Waals surface area contributed by atoms with Crippen LogP contribution in [0.4, 0.5) is 0 Å². The number of hydrogen-bond donors (Lipinski definition) is 1. The van der Waals surface area contributed by atoms with Crippen LogP contribution in [0.2, 0.25) is 0 Å². The number of carbonyl (C=O) groups is 4. The van der Waals surface area contributed by atoms with E-state index in [0.717, 1.165) is 30.6 Å². The van der Waals surface area contributed by atoms with E-state index in [-0.39, 0.29) is 18.4 Å². The Morgan fingerprint density at radius 3 is 2.54 bits per heavy atom. The summed E-state index contributed by atoms with van der Waals surface area (Å²) in [6, 6.07) is 6.94. The van der Waals surface area contributed by atoms with Crippen LogP contribution in [0.15, 0.2) is 24.3 Å². The molecule has 0 spiro atoms. The van der Waals surface area contributed by atoms with Crippen molar-refractivity contribution < 1.29 is 23.9 Å². The molecule has 1 aromatic rings. The fraction of sp³-hybridized carbons (Fsp3) is 0.524. The van der Waals surface area contributed by atoms with Crippen molar-refractivity contribution >= 4 is 23.7 Å². The second kappa shape index (κ2) is 8.99. The largest absolute Gasteiger partial charge is 0.451 e. The van der Waals surface area contributed by atoms with Gasteiger partial charge >= 0.3 is 5.97 Å². The Morgan fingerprint density at radius 1 is 1.14 bits per heavy atom. The summed E-state index contributed by atoms with van der Waals surface area (Å²) >= 11 is 0. The Balaban J connectivity index is 1.54. The van der Waals surface area contributed by atoms with E-state index in [1.807, 2.05) is 0 Å². The van der Waals surface area contributed by atoms with Gasteiger partial charge in [0.1, 0.15) is 6.54 Å². The smallest absolute Gasteiger partial charge is 0.326 e. The first kappa shape index (κ1) is 20.0. The number of hydrogen-bond acceptors (Lipinski definition) is 5. The van der Waals surface area contributed by atoms with Gasteiger partial charge in [0.15, 0.2) is 6.10 Å². The van der Waals surface area contributed by atoms with Gasteiger partial charge in [-0.3, -0.25) is 24.1 Å². The van der Waals surface area contributed by atoms with Crippen molar-refractivity contribution in [2.24, 2.45) is 0 Å². The SMILES string of the molecule is C[C@@H](OC(=O)CN1C(=O)Cc2ccccc2C1=O)C(=O)NC1CCCCCC1. The average molecular weight is 386 g/mol. The zero-order valence-electron chi connectivity index (χ0n) is 16.1. The highest BCUT2D eigenvalue weighted by Gasteiger charge is 2.33. The van der Waals surface area contributed by atoms with Crippen LogP contribution in [-0.4, -0.2) is 47.3 Å². The Bertz CT molecular complexity index is 768. The van der Waals surface area contributed by atoms with Crippen LogP contribution in [0.25, 0.3) is 0 Å². The van der Waals surface area contributed by atoms with Gasteiger partial charge in [-0.05, 0) is 31.4 Å². The summed E-state index contributed by atoms with van der Waals surface area (Å²) in [4.78, 5) is 50.2. The van der Waals surface area contributed by atoms with Gasteiger partial charge in [0.2, 0.25) is 5.91 Å². The molecule has 3 amide bonds. The quantitative estimate of drug-likeness (QED) is 0.475. The molecule has 1 fully saturated rings. The van der Waals surface area contributed by atoms with Gasteiger partial charge in [0.25, 0.3) is 11.8 Å². The summed E-state index contributed by atoms with van der Waals surface area (Å²) in [6.45, 7) is 1.01. The molecular weight excluding hydrogens is 360 g/mol. The van der Waals surface area contributed by atoms with E-state index < -0.39 is 30.4 Å². The lowest BCUT2D eigenvalue weighted by Gasteiger charge is -2.26. The zero-order valence-corrected chi connectivity index (χ0v) is 16.1. The highest BCUT2D eigenvalue weighted by Crippen LogP contribution is 2.20. The van der Waals surface area contributed by atoms with Crippen molar-refractivity contribution in [3.8, 4) is 0 Å². The maximum Gasteiger partial charge on any atom is 0.326 e. The molecule has 1 aliphatic carbocycles. The maximum absolute atomic E-state index is 12.5. The summed E-state index contributed by atoms with van der Waals surface area (Å²) in [5, 5.41) is 2.93. The normalized spacial score (nSPS) is 18.8. The summed E-state index contributed by atoms with van der Waals surface area (Å²) in [5.74, 6) is -2.08. The number of fused-ring (bicyclic) bond motifs is 1. The van der Waals surface area contributed by atoms with Crippen molar-refractivity contribution in [2.75, 3.05) is 6.54 Å². The van der Waals surface area contributed by atoms with Gasteiger partial charge in [0, 0.05) is 11.6 Å². The second-order valence-corrected chi connectivity index (χ2v) is 7.45. The fourth-order valence-electron chi connectivity index (χ4n) is 3.72. The Labute approximate surface area is 164 Å². The number of esters is 1. The van der Waals surface area contributed by atoms with Crippen LogP contribution in [-0.2, 0) is 25.5 Å². The monoisotopic (exact) mass is 386 g/mol. The minimum Gasteiger partial charge on any atom is -0.451 e. The van der Waals surface area contributed by atoms with Gasteiger partial charge in [-0.15, -0.1) is 0 Å². The van der Waals surface area contributed by atoms with Gasteiger partial charge in [-0.2, -0.15) is 0 Å². The fourth-order valence-corrected chi connectivity index (χ4v) is 3.72. The average Bonchev–Trinajstić information content (AvgIpc) is 2.93. The molecule has 28 heavy (non-hydrogen) atoms. The number of rotatable bonds is 5. The number of ether oxygens (including phenoxy) is 1. The molecule has 150 valence electrons. The molecule has 1 N–H and O–H groups in total. The lowest BCUT2D eigenvalue weighted by molar-refractivity contribution is -0.157. The molecule has 0 radical (unpaired) electrons. The van der Waals surface area contributed by atoms with Crippen LogP contribution in [0.1, 0.15) is 61.4 Å². The van der Waals surface area contributed by atoms with Gasteiger partial charge in [0.05, 0.1) is 6.42 Å². The molecule has 0 unspecified atom stereocenters. The summed E-state index contributed by atoms with van der Waals surface area (Å²) in [5.41, 5.74) is 1.06. The van der Waals surface area contributed by atoms with Crippen LogP contribution >= 0.6 is 0 Å². The number of nitrogens with zero attached hydrogens (tertiary/aromatic N) is 1. The van der Waals surface area contributed by atoms with Crippen molar-refractivity contribution in [3.63, 3.8) is 0 Å². The first-order valence-electron chi connectivity index (χ1n) is 9.88.